The molecule has 0 aromatic carbocycles. The third-order valence-electron chi connectivity index (χ3n) is 3.08. The van der Waals surface area contributed by atoms with Gasteiger partial charge in [-0.2, -0.15) is 0 Å². The fourth-order valence-electron chi connectivity index (χ4n) is 1.70. The lowest BCUT2D eigenvalue weighted by Crippen LogP contribution is -2.29. The highest BCUT2D eigenvalue weighted by Gasteiger charge is 2.37. The molecule has 2 heteroatoms. The molecule has 2 nitrogen and oxygen atoms in total. The van der Waals surface area contributed by atoms with Crippen molar-refractivity contribution in [3.63, 3.8) is 0 Å². The molecule has 1 atom stereocenters. The maximum atomic E-state index is 11.4. The highest BCUT2D eigenvalue weighted by molar-refractivity contribution is 5.76. The van der Waals surface area contributed by atoms with Crippen LogP contribution < -0.4 is 0 Å². The zero-order valence-electron chi connectivity index (χ0n) is 8.55. The van der Waals surface area contributed by atoms with E-state index in [9.17, 15) is 4.79 Å². The van der Waals surface area contributed by atoms with E-state index in [0.717, 1.165) is 13.1 Å². The van der Waals surface area contributed by atoms with Gasteiger partial charge < -0.3 is 4.90 Å². The van der Waals surface area contributed by atoms with Gasteiger partial charge in [-0.3, -0.25) is 4.79 Å². The Labute approximate surface area is 74.9 Å². The number of nitrogens with zero attached hydrogens (tertiary/aromatic N) is 1. The van der Waals surface area contributed by atoms with E-state index in [2.05, 4.69) is 20.8 Å². The van der Waals surface area contributed by atoms with E-state index >= 15 is 0 Å². The average molecular weight is 169 g/mol. The normalized spacial score (nSPS) is 27.7. The van der Waals surface area contributed by atoms with Crippen LogP contribution in [0.1, 0.15) is 34.1 Å². The zero-order valence-corrected chi connectivity index (χ0v) is 8.55. The highest BCUT2D eigenvalue weighted by Crippen LogP contribution is 2.34. The van der Waals surface area contributed by atoms with Crippen molar-refractivity contribution in [1.82, 2.24) is 4.90 Å². The van der Waals surface area contributed by atoms with Crippen LogP contribution in [0.25, 0.3) is 0 Å². The fraction of sp³-hybridized carbons (Fsp3) is 0.900. The third-order valence-corrected chi connectivity index (χ3v) is 3.08. The summed E-state index contributed by atoms with van der Waals surface area (Å²) in [6, 6.07) is 0. The molecule has 1 amide bonds. The molecule has 70 valence electrons. The lowest BCUT2D eigenvalue weighted by Gasteiger charge is -2.21. The van der Waals surface area contributed by atoms with E-state index in [1.807, 2.05) is 11.8 Å². The molecule has 1 rings (SSSR count). The van der Waals surface area contributed by atoms with Gasteiger partial charge in [0.15, 0.2) is 0 Å². The predicted molar refractivity (Wildman–Crippen MR) is 49.8 cm³/mol. The Morgan fingerprint density at radius 3 is 2.50 bits per heavy atom. The monoisotopic (exact) mass is 169 g/mol. The predicted octanol–water partition coefficient (Wildman–Crippen LogP) is 1.90. The molecule has 0 radical (unpaired) electrons. The second-order valence-corrected chi connectivity index (χ2v) is 4.52. The topological polar surface area (TPSA) is 20.3 Å². The molecule has 0 spiro atoms. The van der Waals surface area contributed by atoms with Crippen LogP contribution in [-0.4, -0.2) is 23.9 Å². The van der Waals surface area contributed by atoms with Crippen LogP contribution in [0.4, 0.5) is 0 Å². The molecular formula is C10H19NO. The summed E-state index contributed by atoms with van der Waals surface area (Å²) < 4.78 is 0. The first-order valence-electron chi connectivity index (χ1n) is 4.75. The molecule has 0 aromatic rings. The van der Waals surface area contributed by atoms with E-state index in [4.69, 9.17) is 0 Å². The van der Waals surface area contributed by atoms with Gasteiger partial charge in [0.2, 0.25) is 5.91 Å². The van der Waals surface area contributed by atoms with Crippen LogP contribution in [-0.2, 0) is 4.79 Å². The summed E-state index contributed by atoms with van der Waals surface area (Å²) in [4.78, 5) is 13.4. The number of amides is 1. The number of hydrogen-bond donors (Lipinski definition) is 0. The van der Waals surface area contributed by atoms with Gasteiger partial charge in [0.05, 0.1) is 0 Å². The molecule has 0 aromatic heterocycles. The van der Waals surface area contributed by atoms with Gasteiger partial charge in [0, 0.05) is 19.5 Å². The first-order valence-corrected chi connectivity index (χ1v) is 4.75. The molecule has 1 saturated heterocycles. The standard InChI is InChI=1S/C10H19NO/c1-5-9(12)11-6-8(2)10(3,4)7-11/h8H,5-7H2,1-4H3. The summed E-state index contributed by atoms with van der Waals surface area (Å²) >= 11 is 0. The lowest BCUT2D eigenvalue weighted by atomic mass is 9.84. The van der Waals surface area contributed by atoms with Crippen LogP contribution in [0.2, 0.25) is 0 Å². The maximum Gasteiger partial charge on any atom is 0.222 e. The van der Waals surface area contributed by atoms with Crippen molar-refractivity contribution in [3.8, 4) is 0 Å². The van der Waals surface area contributed by atoms with Gasteiger partial charge in [0.1, 0.15) is 0 Å². The molecule has 0 aliphatic carbocycles. The Hall–Kier alpha value is -0.530. The van der Waals surface area contributed by atoms with Crippen molar-refractivity contribution in [3.05, 3.63) is 0 Å². The quantitative estimate of drug-likeness (QED) is 0.587. The van der Waals surface area contributed by atoms with Crippen molar-refractivity contribution in [2.24, 2.45) is 11.3 Å². The van der Waals surface area contributed by atoms with Crippen LogP contribution in [0, 0.1) is 11.3 Å². The fourth-order valence-corrected chi connectivity index (χ4v) is 1.70. The Morgan fingerprint density at radius 2 is 2.17 bits per heavy atom. The second kappa shape index (κ2) is 3.08. The van der Waals surface area contributed by atoms with Crippen LogP contribution in [0.5, 0.6) is 0 Å². The molecule has 0 saturated carbocycles. The van der Waals surface area contributed by atoms with Gasteiger partial charge in [-0.05, 0) is 11.3 Å². The molecule has 1 fully saturated rings. The molecular weight excluding hydrogens is 150 g/mol. The summed E-state index contributed by atoms with van der Waals surface area (Å²) in [6.07, 6.45) is 0.642. The summed E-state index contributed by atoms with van der Waals surface area (Å²) in [7, 11) is 0. The van der Waals surface area contributed by atoms with Crippen molar-refractivity contribution in [1.29, 1.82) is 0 Å². The maximum absolute atomic E-state index is 11.4. The van der Waals surface area contributed by atoms with Gasteiger partial charge >= 0.3 is 0 Å². The summed E-state index contributed by atoms with van der Waals surface area (Å²) in [5, 5.41) is 0. The molecule has 1 unspecified atom stereocenters. The van der Waals surface area contributed by atoms with Crippen molar-refractivity contribution in [2.45, 2.75) is 34.1 Å². The van der Waals surface area contributed by atoms with Crippen molar-refractivity contribution >= 4 is 5.91 Å². The van der Waals surface area contributed by atoms with E-state index in [1.54, 1.807) is 0 Å². The van der Waals surface area contributed by atoms with E-state index in [1.165, 1.54) is 0 Å². The van der Waals surface area contributed by atoms with Gasteiger partial charge in [-0.15, -0.1) is 0 Å². The second-order valence-electron chi connectivity index (χ2n) is 4.52. The minimum Gasteiger partial charge on any atom is -0.342 e. The highest BCUT2D eigenvalue weighted by atomic mass is 16.2. The SMILES string of the molecule is CCC(=O)N1CC(C)C(C)(C)C1. The molecule has 12 heavy (non-hydrogen) atoms. The molecule has 0 bridgehead atoms. The number of hydrogen-bond acceptors (Lipinski definition) is 1. The van der Waals surface area contributed by atoms with Gasteiger partial charge in [-0.1, -0.05) is 27.7 Å². The number of carbonyl (C=O) groups is 1. The molecule has 0 N–H and O–H groups in total. The average Bonchev–Trinajstić information content (AvgIpc) is 2.25. The van der Waals surface area contributed by atoms with E-state index in [0.29, 0.717) is 23.7 Å². The van der Waals surface area contributed by atoms with Crippen LogP contribution in [0.3, 0.4) is 0 Å². The number of likely N-dealkylation sites (tertiary alicyclic amines) is 1. The summed E-state index contributed by atoms with van der Waals surface area (Å²) in [6.45, 7) is 10.5. The molecule has 1 aliphatic heterocycles. The van der Waals surface area contributed by atoms with Crippen LogP contribution in [0.15, 0.2) is 0 Å². The van der Waals surface area contributed by atoms with E-state index < -0.39 is 0 Å². The largest absolute Gasteiger partial charge is 0.342 e. The number of carbonyl (C=O) groups excluding carboxylic acids is 1. The Balaban J connectivity index is 2.60. The minimum atomic E-state index is 0.299. The first-order chi connectivity index (χ1) is 5.47. The Kier molecular flexibility index (Phi) is 2.45. The Morgan fingerprint density at radius 1 is 1.58 bits per heavy atom. The lowest BCUT2D eigenvalue weighted by molar-refractivity contribution is -0.130. The first kappa shape index (κ1) is 9.56. The van der Waals surface area contributed by atoms with Crippen molar-refractivity contribution < 1.29 is 4.79 Å². The molecule has 1 aliphatic rings. The third kappa shape index (κ3) is 1.62. The summed E-state index contributed by atoms with van der Waals surface area (Å²) in [5.41, 5.74) is 0.310. The van der Waals surface area contributed by atoms with Gasteiger partial charge in [-0.25, -0.2) is 0 Å². The van der Waals surface area contributed by atoms with Crippen LogP contribution >= 0.6 is 0 Å². The van der Waals surface area contributed by atoms with Crippen molar-refractivity contribution in [2.75, 3.05) is 13.1 Å². The van der Waals surface area contributed by atoms with E-state index in [-0.39, 0.29) is 0 Å². The zero-order chi connectivity index (χ0) is 9.35. The smallest absolute Gasteiger partial charge is 0.222 e. The number of rotatable bonds is 1. The minimum absolute atomic E-state index is 0.299. The summed E-state index contributed by atoms with van der Waals surface area (Å²) in [5.74, 6) is 0.931. The Bertz CT molecular complexity index is 186. The van der Waals surface area contributed by atoms with Gasteiger partial charge in [0.25, 0.3) is 0 Å². The molecule has 1 heterocycles.